The molecule has 10 atom stereocenters. The number of hydrogen-bond acceptors (Lipinski definition) is 15. The summed E-state index contributed by atoms with van der Waals surface area (Å²) in [4.78, 5) is 24.9. The van der Waals surface area contributed by atoms with Crippen molar-refractivity contribution >= 4 is 11.9 Å². The molecule has 0 aromatic heterocycles. The fourth-order valence-corrected chi connectivity index (χ4v) is 4.52. The van der Waals surface area contributed by atoms with Gasteiger partial charge >= 0.3 is 11.9 Å². The lowest BCUT2D eigenvalue weighted by atomic mass is 9.98. The van der Waals surface area contributed by atoms with E-state index in [1.807, 2.05) is 0 Å². The van der Waals surface area contributed by atoms with E-state index < -0.39 is 98.2 Å². The van der Waals surface area contributed by atoms with E-state index in [-0.39, 0.29) is 22.6 Å². The molecule has 2 aromatic rings. The van der Waals surface area contributed by atoms with Crippen molar-refractivity contribution in [1.29, 1.82) is 0 Å². The van der Waals surface area contributed by atoms with Crippen LogP contribution < -0.4 is 9.47 Å². The zero-order valence-corrected chi connectivity index (χ0v) is 23.8. The molecule has 2 fully saturated rings. The van der Waals surface area contributed by atoms with Crippen LogP contribution >= 0.6 is 0 Å². The molecule has 0 spiro atoms. The summed E-state index contributed by atoms with van der Waals surface area (Å²) in [5.41, 5.74) is -0.216. The molecule has 2 aliphatic heterocycles. The summed E-state index contributed by atoms with van der Waals surface area (Å²) in [6.45, 7) is -1.38. The van der Waals surface area contributed by atoms with Gasteiger partial charge in [0.05, 0.1) is 25.3 Å². The topological polar surface area (TPSA) is 220 Å². The third kappa shape index (κ3) is 7.66. The molecule has 0 bridgehead atoms. The molecular weight excluding hydrogens is 614 g/mol. The average Bonchev–Trinajstić information content (AvgIpc) is 3.03. The summed E-state index contributed by atoms with van der Waals surface area (Å²) in [5.74, 6) is -3.85. The molecule has 2 aliphatic rings. The van der Waals surface area contributed by atoms with Crippen LogP contribution in [0.5, 0.6) is 11.5 Å². The maximum atomic E-state index is 13.7. The Hall–Kier alpha value is -3.52. The van der Waals surface area contributed by atoms with Crippen LogP contribution in [0.1, 0.15) is 20.7 Å². The maximum Gasteiger partial charge on any atom is 0.338 e. The van der Waals surface area contributed by atoms with Crippen molar-refractivity contribution in [2.75, 3.05) is 27.4 Å². The normalized spacial score (nSPS) is 31.6. The second-order valence-corrected chi connectivity index (χ2v) is 10.1. The van der Waals surface area contributed by atoms with Gasteiger partial charge in [0, 0.05) is 0 Å². The van der Waals surface area contributed by atoms with Crippen LogP contribution in [0.4, 0.5) is 8.78 Å². The molecule has 4 rings (SSSR count). The zero-order chi connectivity index (χ0) is 33.0. The summed E-state index contributed by atoms with van der Waals surface area (Å²) < 4.78 is 63.5. The standard InChI is InChI=1S/C28H32F2O15/c1-39-15-7-11(3-5-13(15)29)25(37)41-9-17-19(31)21(33)23(35)27(43-17)45-28-24(36)22(34)20(32)18(44-28)10-42-26(38)12-4-6-14(30)16(8-12)40-2/h3-8,17-24,27-28,31-36H,9-10H2,1-2H3/t17-,18-,19-,20-,21+,22+,23-,24-,27-,28-/m1/s1. The summed E-state index contributed by atoms with van der Waals surface area (Å²) >= 11 is 0. The van der Waals surface area contributed by atoms with Gasteiger partial charge in [-0.25, -0.2) is 18.4 Å². The number of esters is 2. The number of rotatable bonds is 10. The van der Waals surface area contributed by atoms with E-state index in [0.29, 0.717) is 0 Å². The van der Waals surface area contributed by atoms with E-state index in [1.165, 1.54) is 14.2 Å². The molecule has 0 aliphatic carbocycles. The Morgan fingerprint density at radius 3 is 1.38 bits per heavy atom. The summed E-state index contributed by atoms with van der Waals surface area (Å²) in [5, 5.41) is 62.4. The summed E-state index contributed by atoms with van der Waals surface area (Å²) in [6, 6.07) is 6.34. The minimum Gasteiger partial charge on any atom is -0.494 e. The van der Waals surface area contributed by atoms with Crippen LogP contribution in [-0.2, 0) is 23.7 Å². The lowest BCUT2D eigenvalue weighted by molar-refractivity contribution is -0.376. The van der Waals surface area contributed by atoms with Crippen LogP contribution in [0.3, 0.4) is 0 Å². The van der Waals surface area contributed by atoms with Gasteiger partial charge in [-0.05, 0) is 36.4 Å². The van der Waals surface area contributed by atoms with Gasteiger partial charge in [-0.15, -0.1) is 0 Å². The highest BCUT2D eigenvalue weighted by Gasteiger charge is 2.50. The number of aliphatic hydroxyl groups excluding tert-OH is 6. The van der Waals surface area contributed by atoms with Gasteiger partial charge < -0.3 is 63.8 Å². The van der Waals surface area contributed by atoms with E-state index >= 15 is 0 Å². The van der Waals surface area contributed by atoms with Gasteiger partial charge in [0.1, 0.15) is 62.0 Å². The Morgan fingerprint density at radius 2 is 1.02 bits per heavy atom. The van der Waals surface area contributed by atoms with E-state index in [1.54, 1.807) is 0 Å². The Balaban J connectivity index is 1.39. The molecule has 45 heavy (non-hydrogen) atoms. The number of halogens is 2. The van der Waals surface area contributed by atoms with Gasteiger partial charge in [-0.3, -0.25) is 0 Å². The fourth-order valence-electron chi connectivity index (χ4n) is 4.52. The molecule has 0 radical (unpaired) electrons. The number of benzene rings is 2. The summed E-state index contributed by atoms with van der Waals surface area (Å²) in [7, 11) is 2.39. The quantitative estimate of drug-likeness (QED) is 0.164. The van der Waals surface area contributed by atoms with E-state index in [4.69, 9.17) is 33.2 Å². The molecule has 2 saturated heterocycles. The minimum absolute atomic E-state index is 0.108. The first kappa shape index (κ1) is 34.4. The fraction of sp³-hybridized carbons (Fsp3) is 0.500. The van der Waals surface area contributed by atoms with E-state index in [2.05, 4.69) is 0 Å². The van der Waals surface area contributed by atoms with Crippen molar-refractivity contribution in [2.24, 2.45) is 0 Å². The molecule has 0 amide bonds. The predicted molar refractivity (Wildman–Crippen MR) is 141 cm³/mol. The van der Waals surface area contributed by atoms with Crippen molar-refractivity contribution in [2.45, 2.75) is 61.4 Å². The minimum atomic E-state index is -1.95. The zero-order valence-electron chi connectivity index (χ0n) is 23.8. The molecule has 2 heterocycles. The third-order valence-electron chi connectivity index (χ3n) is 7.14. The van der Waals surface area contributed by atoms with Gasteiger partial charge in [0.2, 0.25) is 0 Å². The number of aliphatic hydroxyl groups is 6. The molecule has 6 N–H and O–H groups in total. The van der Waals surface area contributed by atoms with Crippen LogP contribution in [-0.4, -0.2) is 131 Å². The van der Waals surface area contributed by atoms with Crippen molar-refractivity contribution < 1.29 is 82.2 Å². The molecule has 15 nitrogen and oxygen atoms in total. The van der Waals surface area contributed by atoms with E-state index in [9.17, 15) is 49.0 Å². The average molecular weight is 647 g/mol. The van der Waals surface area contributed by atoms with Crippen molar-refractivity contribution in [3.05, 3.63) is 59.2 Å². The smallest absolute Gasteiger partial charge is 0.338 e. The number of hydrogen-bond donors (Lipinski definition) is 6. The van der Waals surface area contributed by atoms with Gasteiger partial charge in [0.15, 0.2) is 35.7 Å². The Morgan fingerprint density at radius 1 is 0.644 bits per heavy atom. The Kier molecular flexibility index (Phi) is 11.2. The molecule has 0 saturated carbocycles. The van der Waals surface area contributed by atoms with Crippen LogP contribution in [0.15, 0.2) is 36.4 Å². The molecule has 2 aromatic carbocycles. The SMILES string of the molecule is COc1cc(C(=O)OC[C@H]2O[C@H](O[C@H]3O[C@H](COC(=O)c4ccc(F)c(OC)c4)[C@@H](O)[C@H](O)[C@H]3O)[C@H](O)[C@@H](O)[C@@H]2O)ccc1F. The van der Waals surface area contributed by atoms with Gasteiger partial charge in [-0.2, -0.15) is 0 Å². The highest BCUT2D eigenvalue weighted by Crippen LogP contribution is 2.29. The van der Waals surface area contributed by atoms with Crippen molar-refractivity contribution in [3.8, 4) is 11.5 Å². The van der Waals surface area contributed by atoms with Gasteiger partial charge in [0.25, 0.3) is 0 Å². The predicted octanol–water partition coefficient (Wildman–Crippen LogP) is -1.37. The van der Waals surface area contributed by atoms with Crippen LogP contribution in [0.25, 0.3) is 0 Å². The largest absolute Gasteiger partial charge is 0.494 e. The Labute approximate surface area is 254 Å². The number of ether oxygens (including phenoxy) is 7. The van der Waals surface area contributed by atoms with E-state index in [0.717, 1.165) is 36.4 Å². The lowest BCUT2D eigenvalue weighted by Gasteiger charge is -2.44. The molecule has 248 valence electrons. The van der Waals surface area contributed by atoms with Crippen LogP contribution in [0, 0.1) is 11.6 Å². The first-order valence-corrected chi connectivity index (χ1v) is 13.4. The van der Waals surface area contributed by atoms with Crippen molar-refractivity contribution in [3.63, 3.8) is 0 Å². The molecular formula is C28H32F2O15. The highest BCUT2D eigenvalue weighted by molar-refractivity contribution is 5.90. The first-order chi connectivity index (χ1) is 21.4. The van der Waals surface area contributed by atoms with Crippen LogP contribution in [0.2, 0.25) is 0 Å². The maximum absolute atomic E-state index is 13.7. The molecule has 17 heteroatoms. The highest BCUT2D eigenvalue weighted by atomic mass is 19.1. The third-order valence-corrected chi connectivity index (χ3v) is 7.14. The second kappa shape index (κ2) is 14.7. The Bertz CT molecular complexity index is 1250. The second-order valence-electron chi connectivity index (χ2n) is 10.1. The van der Waals surface area contributed by atoms with Crippen molar-refractivity contribution in [1.82, 2.24) is 0 Å². The molecule has 0 unspecified atom stereocenters. The monoisotopic (exact) mass is 646 g/mol. The van der Waals surface area contributed by atoms with Gasteiger partial charge in [-0.1, -0.05) is 0 Å². The summed E-state index contributed by atoms with van der Waals surface area (Å²) in [6.07, 6.45) is -18.0. The lowest BCUT2D eigenvalue weighted by Crippen LogP contribution is -2.64. The first-order valence-electron chi connectivity index (χ1n) is 13.4. The number of methoxy groups -OCH3 is 2. The number of carbonyl (C=O) groups is 2. The number of carbonyl (C=O) groups excluding carboxylic acids is 2.